The number of rotatable bonds is 11. The van der Waals surface area contributed by atoms with Crippen molar-refractivity contribution in [2.24, 2.45) is 71.0 Å². The molecule has 6 heterocycles. The number of carbonyl (C=O) groups excluding carboxylic acids is 6. The van der Waals surface area contributed by atoms with Gasteiger partial charge in [0, 0.05) is 87.7 Å². The number of alkyl halides is 1. The van der Waals surface area contributed by atoms with Crippen LogP contribution in [0, 0.1) is 84.2 Å². The van der Waals surface area contributed by atoms with Crippen molar-refractivity contribution >= 4 is 51.1 Å². The SMILES string of the molecule is BrCC1CC1.C[C@H]1[C@@H]2CCN(CC3CC3)C(=O)[C@@]2(c2ccccc2)CCC12OCCO2.C[C@H]1[C@@H]2CCNC(=O)[C@@]2(c2ccccc2)CCC12OCCO2.[C-]#[N+]C1=C[C@@]2(c3ccccc3)C(=O)N(CC3CC3)CC[C@@H]2[C@@H](C)C1=O.[C-]#[N+]C1=C[C@]2(c3ccccc3)C(=O)N(CC3CC3)CC[C@H]2[C@H](C)C1=O. The van der Waals surface area contributed by atoms with E-state index in [0.29, 0.717) is 57.3 Å². The molecule has 2 spiro atoms. The number of fused-ring (bicyclic) bond motifs is 4. The highest BCUT2D eigenvalue weighted by molar-refractivity contribution is 9.09. The highest BCUT2D eigenvalue weighted by atomic mass is 79.9. The second-order valence-electron chi connectivity index (χ2n) is 32.3. The van der Waals surface area contributed by atoms with E-state index in [1.807, 2.05) is 109 Å². The Labute approximate surface area is 617 Å². The van der Waals surface area contributed by atoms with Crippen LogP contribution < -0.4 is 5.32 Å². The van der Waals surface area contributed by atoms with E-state index in [1.54, 1.807) is 12.2 Å². The van der Waals surface area contributed by atoms with Gasteiger partial charge in [-0.05, 0) is 159 Å². The van der Waals surface area contributed by atoms with E-state index in [2.05, 4.69) is 86.1 Å². The Hall–Kier alpha value is -7.12. The number of ketones is 2. The second-order valence-corrected chi connectivity index (χ2v) is 33.0. The van der Waals surface area contributed by atoms with Crippen LogP contribution in [-0.4, -0.2) is 139 Å². The van der Waals surface area contributed by atoms with Crippen molar-refractivity contribution in [3.8, 4) is 0 Å². The lowest BCUT2D eigenvalue weighted by molar-refractivity contribution is -0.238. The van der Waals surface area contributed by atoms with E-state index < -0.39 is 33.2 Å². The van der Waals surface area contributed by atoms with Gasteiger partial charge in [-0.25, -0.2) is 9.69 Å². The number of Topliss-reactive ketones (excluding diaryl/α,β-unsaturated/α-hetero) is 2. The summed E-state index contributed by atoms with van der Waals surface area (Å²) in [6.07, 6.45) is 20.5. The normalized spacial score (nSPS) is 33.7. The fourth-order valence-electron chi connectivity index (χ4n) is 20.1. The molecular weight excluding hydrogens is 1360 g/mol. The number of nitrogens with zero attached hydrogens (tertiary/aromatic N) is 5. The van der Waals surface area contributed by atoms with Crippen molar-refractivity contribution in [1.29, 1.82) is 0 Å². The second kappa shape index (κ2) is 30.0. The summed E-state index contributed by atoms with van der Waals surface area (Å²) in [7, 11) is 0. The third kappa shape index (κ3) is 13.5. The highest BCUT2D eigenvalue weighted by Crippen LogP contribution is 2.59. The molecule has 17 heteroatoms. The molecule has 0 radical (unpaired) electrons. The van der Waals surface area contributed by atoms with Crippen LogP contribution in [0.4, 0.5) is 0 Å². The molecule has 12 fully saturated rings. The number of carbonyl (C=O) groups is 6. The number of halogens is 1. The monoisotopic (exact) mass is 1460 g/mol. The van der Waals surface area contributed by atoms with Crippen molar-refractivity contribution in [1.82, 2.24) is 20.0 Å². The number of benzene rings is 4. The van der Waals surface area contributed by atoms with Gasteiger partial charge in [-0.2, -0.15) is 0 Å². The van der Waals surface area contributed by atoms with Crippen molar-refractivity contribution in [2.75, 3.05) is 77.6 Å². The molecule has 4 aromatic carbocycles. The summed E-state index contributed by atoms with van der Waals surface area (Å²) in [5.41, 5.74) is 1.80. The van der Waals surface area contributed by atoms with Crippen LogP contribution in [0.1, 0.15) is 153 Å². The van der Waals surface area contributed by atoms with Crippen LogP contribution in [0.3, 0.4) is 0 Å². The van der Waals surface area contributed by atoms with Gasteiger partial charge in [-0.3, -0.25) is 19.2 Å². The number of likely N-dealkylation sites (tertiary alicyclic amines) is 3. The maximum atomic E-state index is 13.8. The molecule has 0 aromatic heterocycles. The fourth-order valence-corrected chi connectivity index (χ4v) is 20.8. The first-order valence-corrected chi connectivity index (χ1v) is 39.8. The third-order valence-electron chi connectivity index (χ3n) is 26.6. The van der Waals surface area contributed by atoms with Gasteiger partial charge in [0.15, 0.2) is 23.1 Å². The van der Waals surface area contributed by atoms with Crippen molar-refractivity contribution in [3.63, 3.8) is 0 Å². The Bertz CT molecular complexity index is 3790. The predicted molar refractivity (Wildman–Crippen MR) is 396 cm³/mol. The zero-order valence-corrected chi connectivity index (χ0v) is 62.2. The van der Waals surface area contributed by atoms with E-state index in [1.165, 1.54) is 62.3 Å². The molecular formula is C86H103BrN6O10. The van der Waals surface area contributed by atoms with Crippen LogP contribution in [-0.2, 0) is 69.4 Å². The van der Waals surface area contributed by atoms with Gasteiger partial charge in [-0.1, -0.05) is 177 Å². The molecule has 6 saturated heterocycles. The Morgan fingerprint density at radius 2 is 0.767 bits per heavy atom. The van der Waals surface area contributed by atoms with Crippen LogP contribution >= 0.6 is 15.9 Å². The molecule has 0 unspecified atom stereocenters. The minimum Gasteiger partial charge on any atom is -0.355 e. The van der Waals surface area contributed by atoms with Gasteiger partial charge in [0.2, 0.25) is 35.0 Å². The number of amides is 4. The summed E-state index contributed by atoms with van der Waals surface area (Å²) in [6.45, 7) is 31.4. The Balaban J connectivity index is 0.000000113. The molecule has 6 saturated carbocycles. The lowest BCUT2D eigenvalue weighted by Crippen LogP contribution is -2.64. The zero-order chi connectivity index (χ0) is 71.9. The molecule has 4 aromatic rings. The lowest BCUT2D eigenvalue weighted by Gasteiger charge is -2.56. The topological polar surface area (TPSA) is 170 Å². The van der Waals surface area contributed by atoms with Crippen LogP contribution in [0.25, 0.3) is 9.69 Å². The number of hydrogen-bond donors (Lipinski definition) is 1. The summed E-state index contributed by atoms with van der Waals surface area (Å²) in [4.78, 5) is 92.2. The molecule has 103 heavy (non-hydrogen) atoms. The lowest BCUT2D eigenvalue weighted by atomic mass is 9.54. The van der Waals surface area contributed by atoms with Crippen molar-refractivity contribution in [3.05, 3.63) is 190 Å². The molecule has 544 valence electrons. The summed E-state index contributed by atoms with van der Waals surface area (Å²) >= 11 is 3.38. The van der Waals surface area contributed by atoms with Crippen LogP contribution in [0.2, 0.25) is 0 Å². The van der Waals surface area contributed by atoms with E-state index >= 15 is 0 Å². The number of allylic oxidation sites excluding steroid dienone is 2. The van der Waals surface area contributed by atoms with Crippen LogP contribution in [0.15, 0.2) is 145 Å². The molecule has 8 aliphatic carbocycles. The molecule has 1 N–H and O–H groups in total. The number of ether oxygens (including phenoxy) is 4. The molecule has 4 amide bonds. The maximum absolute atomic E-state index is 13.8. The smallest absolute Gasteiger partial charge is 0.236 e. The number of nitrogens with one attached hydrogen (secondary N) is 1. The largest absolute Gasteiger partial charge is 0.355 e. The highest BCUT2D eigenvalue weighted by Gasteiger charge is 2.65. The minimum atomic E-state index is -0.873. The quantitative estimate of drug-likeness (QED) is 0.113. The maximum Gasteiger partial charge on any atom is 0.236 e. The molecule has 18 rings (SSSR count). The fraction of sp³-hybridized carbons (Fsp3) is 0.581. The Morgan fingerprint density at radius 1 is 0.427 bits per heavy atom. The minimum absolute atomic E-state index is 0.0716. The first-order valence-electron chi connectivity index (χ1n) is 38.7. The zero-order valence-electron chi connectivity index (χ0n) is 60.6. The molecule has 14 aliphatic rings. The van der Waals surface area contributed by atoms with Crippen molar-refractivity contribution < 1.29 is 47.7 Å². The third-order valence-corrected chi connectivity index (χ3v) is 27.5. The first-order chi connectivity index (χ1) is 49.9. The molecule has 6 aliphatic heterocycles. The summed E-state index contributed by atoms with van der Waals surface area (Å²) in [6, 6.07) is 40.2. The van der Waals surface area contributed by atoms with Gasteiger partial charge in [0.1, 0.15) is 0 Å². The van der Waals surface area contributed by atoms with Gasteiger partial charge in [0.25, 0.3) is 0 Å². The molecule has 0 bridgehead atoms. The van der Waals surface area contributed by atoms with Gasteiger partial charge in [-0.15, -0.1) is 0 Å². The van der Waals surface area contributed by atoms with E-state index in [-0.39, 0.29) is 88.0 Å². The van der Waals surface area contributed by atoms with Gasteiger partial charge >= 0.3 is 0 Å². The van der Waals surface area contributed by atoms with E-state index in [9.17, 15) is 28.8 Å². The van der Waals surface area contributed by atoms with Crippen molar-refractivity contribution in [2.45, 2.75) is 164 Å². The Morgan fingerprint density at radius 3 is 1.13 bits per heavy atom. The average Bonchev–Trinajstić information content (AvgIpc) is 1.06. The summed E-state index contributed by atoms with van der Waals surface area (Å²) in [5.74, 6) is 2.76. The van der Waals surface area contributed by atoms with E-state index in [4.69, 9.17) is 32.1 Å². The van der Waals surface area contributed by atoms with Gasteiger partial charge < -0.3 is 48.6 Å². The number of hydrogen-bond acceptors (Lipinski definition) is 10. The first kappa shape index (κ1) is 72.8. The van der Waals surface area contributed by atoms with Crippen LogP contribution in [0.5, 0.6) is 0 Å². The molecule has 16 nitrogen and oxygen atoms in total. The average molecular weight is 1460 g/mol. The summed E-state index contributed by atoms with van der Waals surface area (Å²) in [5, 5.41) is 4.33. The van der Waals surface area contributed by atoms with E-state index in [0.717, 1.165) is 113 Å². The number of piperidine rings is 4. The van der Waals surface area contributed by atoms with Gasteiger partial charge in [0.05, 0.1) is 61.2 Å². The Kier molecular flexibility index (Phi) is 21.2. The summed E-state index contributed by atoms with van der Waals surface area (Å²) < 4.78 is 24.2. The molecule has 12 atom stereocenters. The standard InChI is InChI=1S/C22H29NO3.2C21H22N2O2.C18H23NO3.C4H7Br/c1-16-19-9-12-23(15-17-7-8-17)20(24)21(19,18-5-3-2-4-6-18)10-11-22(16)25-13-14-26-22;2*1-14-17-10-11-23(13-15-8-9-15)20(25)21(17,12-18(22-2)19(14)24)16-6-4-3-5-7-16;1-13-15-7-10-19-16(20)17(15,14-5-3-2-4-6-14)8-9-18(13)21-11-12-22-18;5-3-4-1-2-4/h2-6,16-17,19H,7-15H2,1H3;2*3-7,12,14-15,17H,8-11,13H2,1H3;2-6,13,15H,7-12H2,1H3,(H,19,20);4H,1-3H2/t16-,19-,21+;2*14-,17-,21+;13-,15-,17+;/m0100./s1. The predicted octanol–water partition coefficient (Wildman–Crippen LogP) is 13.8.